The topological polar surface area (TPSA) is 104 Å². The number of hydrogen-bond donors (Lipinski definition) is 3. The van der Waals surface area contributed by atoms with E-state index in [9.17, 15) is 19.2 Å². The molecule has 0 aromatic heterocycles. The molecule has 0 rings (SSSR count). The highest BCUT2D eigenvalue weighted by Gasteiger charge is 2.08. The van der Waals surface area contributed by atoms with Gasteiger partial charge in [-0.2, -0.15) is 0 Å². The van der Waals surface area contributed by atoms with Gasteiger partial charge in [-0.15, -0.1) is 0 Å². The Morgan fingerprint density at radius 1 is 0.850 bits per heavy atom. The molecule has 0 fully saturated rings. The summed E-state index contributed by atoms with van der Waals surface area (Å²) in [7, 11) is 0. The second kappa shape index (κ2) is 10.0. The summed E-state index contributed by atoms with van der Waals surface area (Å²) in [4.78, 5) is 44.4. The molecule has 0 radical (unpaired) electrons. The monoisotopic (exact) mass is 301 g/mol. The minimum atomic E-state index is -0.475. The highest BCUT2D eigenvalue weighted by atomic mass is 32.2. The number of amides is 3. The van der Waals surface area contributed by atoms with Crippen LogP contribution in [0.5, 0.6) is 0 Å². The van der Waals surface area contributed by atoms with E-state index in [0.717, 1.165) is 17.3 Å². The van der Waals surface area contributed by atoms with Crippen LogP contribution in [-0.4, -0.2) is 48.2 Å². The molecule has 3 amide bonds. The molecule has 20 heavy (non-hydrogen) atoms. The van der Waals surface area contributed by atoms with E-state index in [4.69, 9.17) is 0 Å². The van der Waals surface area contributed by atoms with Gasteiger partial charge in [-0.1, -0.05) is 23.9 Å². The summed E-state index contributed by atoms with van der Waals surface area (Å²) in [6, 6.07) is 0. The van der Waals surface area contributed by atoms with Gasteiger partial charge in [-0.25, -0.2) is 0 Å². The predicted molar refractivity (Wildman–Crippen MR) is 77.0 cm³/mol. The van der Waals surface area contributed by atoms with Crippen molar-refractivity contribution in [3.8, 4) is 0 Å². The molecular weight excluding hydrogens is 282 g/mol. The minimum Gasteiger partial charge on any atom is -0.351 e. The fourth-order valence-corrected chi connectivity index (χ4v) is 1.39. The second-order valence-electron chi connectivity index (χ2n) is 4.07. The summed E-state index contributed by atoms with van der Waals surface area (Å²) in [5, 5.41) is 7.09. The average molecular weight is 301 g/mol. The third-order valence-electron chi connectivity index (χ3n) is 1.89. The molecule has 0 spiro atoms. The van der Waals surface area contributed by atoms with E-state index in [-0.39, 0.29) is 29.9 Å². The maximum absolute atomic E-state index is 11.3. The fourth-order valence-electron chi connectivity index (χ4n) is 0.950. The molecule has 0 heterocycles. The van der Waals surface area contributed by atoms with Gasteiger partial charge in [0.1, 0.15) is 0 Å². The Hall–Kier alpha value is -1.83. The Kier molecular flexibility index (Phi) is 9.10. The lowest BCUT2D eigenvalue weighted by atomic mass is 10.3. The molecule has 112 valence electrons. The van der Waals surface area contributed by atoms with Crippen LogP contribution in [0.2, 0.25) is 0 Å². The van der Waals surface area contributed by atoms with Crippen LogP contribution in [0.25, 0.3) is 0 Å². The Morgan fingerprint density at radius 3 is 1.75 bits per heavy atom. The van der Waals surface area contributed by atoms with Gasteiger partial charge in [0.15, 0.2) is 5.12 Å². The number of thioether (sulfide) groups is 1. The van der Waals surface area contributed by atoms with Crippen molar-refractivity contribution >= 4 is 34.6 Å². The predicted octanol–water partition coefficient (Wildman–Crippen LogP) is -0.809. The van der Waals surface area contributed by atoms with E-state index in [2.05, 4.69) is 22.5 Å². The van der Waals surface area contributed by atoms with Gasteiger partial charge in [0.25, 0.3) is 0 Å². The van der Waals surface area contributed by atoms with Gasteiger partial charge in [-0.3, -0.25) is 19.2 Å². The van der Waals surface area contributed by atoms with E-state index in [1.54, 1.807) is 6.92 Å². The Balaban J connectivity index is 3.73. The lowest BCUT2D eigenvalue weighted by molar-refractivity contribution is -0.127. The van der Waals surface area contributed by atoms with Crippen molar-refractivity contribution in [1.82, 2.24) is 16.0 Å². The van der Waals surface area contributed by atoms with Crippen molar-refractivity contribution in [3.05, 3.63) is 12.2 Å². The van der Waals surface area contributed by atoms with Crippen molar-refractivity contribution in [3.63, 3.8) is 0 Å². The van der Waals surface area contributed by atoms with Crippen LogP contribution in [0.4, 0.5) is 0 Å². The first-order valence-corrected chi connectivity index (χ1v) is 6.87. The van der Waals surface area contributed by atoms with Gasteiger partial charge in [0.2, 0.25) is 17.7 Å². The van der Waals surface area contributed by atoms with Crippen LogP contribution in [-0.2, 0) is 19.2 Å². The molecule has 8 heteroatoms. The SMILES string of the molecule is C=C(C)CNC(=O)CNC(=O)CNC(=O)CSC(C)=O. The summed E-state index contributed by atoms with van der Waals surface area (Å²) in [5.74, 6) is -1.25. The highest BCUT2D eigenvalue weighted by molar-refractivity contribution is 8.14. The van der Waals surface area contributed by atoms with Gasteiger partial charge in [0, 0.05) is 13.5 Å². The number of hydrogen-bond acceptors (Lipinski definition) is 5. The smallest absolute Gasteiger partial charge is 0.239 e. The van der Waals surface area contributed by atoms with Crippen molar-refractivity contribution in [1.29, 1.82) is 0 Å². The van der Waals surface area contributed by atoms with Crippen LogP contribution in [0.1, 0.15) is 13.8 Å². The molecule has 3 N–H and O–H groups in total. The van der Waals surface area contributed by atoms with E-state index >= 15 is 0 Å². The quantitative estimate of drug-likeness (QED) is 0.509. The molecule has 0 aliphatic heterocycles. The van der Waals surface area contributed by atoms with Crippen LogP contribution in [0, 0.1) is 0 Å². The first kappa shape index (κ1) is 18.2. The Morgan fingerprint density at radius 2 is 1.30 bits per heavy atom. The molecule has 0 bridgehead atoms. The van der Waals surface area contributed by atoms with Gasteiger partial charge in [-0.05, 0) is 6.92 Å². The highest BCUT2D eigenvalue weighted by Crippen LogP contribution is 1.98. The van der Waals surface area contributed by atoms with Crippen molar-refractivity contribution in [2.75, 3.05) is 25.4 Å². The number of nitrogens with one attached hydrogen (secondary N) is 3. The Labute approximate surface area is 121 Å². The summed E-state index contributed by atoms with van der Waals surface area (Å²) in [6.45, 7) is 6.71. The largest absolute Gasteiger partial charge is 0.351 e. The van der Waals surface area contributed by atoms with Crippen molar-refractivity contribution < 1.29 is 19.2 Å². The lowest BCUT2D eigenvalue weighted by Gasteiger charge is -2.07. The van der Waals surface area contributed by atoms with E-state index in [1.165, 1.54) is 6.92 Å². The van der Waals surface area contributed by atoms with Crippen molar-refractivity contribution in [2.24, 2.45) is 0 Å². The summed E-state index contributed by atoms with van der Waals surface area (Å²) >= 11 is 0.864. The first-order chi connectivity index (χ1) is 9.31. The van der Waals surface area contributed by atoms with Gasteiger partial charge >= 0.3 is 0 Å². The normalized spacial score (nSPS) is 9.50. The molecule has 7 nitrogen and oxygen atoms in total. The van der Waals surface area contributed by atoms with Gasteiger partial charge in [0.05, 0.1) is 18.8 Å². The molecule has 0 saturated heterocycles. The maximum atomic E-state index is 11.3. The van der Waals surface area contributed by atoms with E-state index < -0.39 is 11.8 Å². The first-order valence-electron chi connectivity index (χ1n) is 5.89. The third-order valence-corrected chi connectivity index (χ3v) is 2.70. The van der Waals surface area contributed by atoms with Crippen LogP contribution in [0.15, 0.2) is 12.2 Å². The van der Waals surface area contributed by atoms with E-state index in [0.29, 0.717) is 6.54 Å². The zero-order valence-corrected chi connectivity index (χ0v) is 12.4. The molecular formula is C12H19N3O4S. The van der Waals surface area contributed by atoms with Crippen LogP contribution in [0.3, 0.4) is 0 Å². The van der Waals surface area contributed by atoms with Crippen molar-refractivity contribution in [2.45, 2.75) is 13.8 Å². The lowest BCUT2D eigenvalue weighted by Crippen LogP contribution is -2.42. The standard InChI is InChI=1S/C12H19N3O4S/c1-8(2)4-13-10(17)5-14-11(18)6-15-12(19)7-20-9(3)16/h1,4-7H2,2-3H3,(H,13,17)(H,14,18)(H,15,19). The summed E-state index contributed by atoms with van der Waals surface area (Å²) in [6.07, 6.45) is 0. The van der Waals surface area contributed by atoms with E-state index in [1.807, 2.05) is 0 Å². The van der Waals surface area contributed by atoms with Crippen LogP contribution < -0.4 is 16.0 Å². The van der Waals surface area contributed by atoms with Crippen LogP contribution >= 0.6 is 11.8 Å². The summed E-state index contributed by atoms with van der Waals surface area (Å²) < 4.78 is 0. The Bertz CT molecular complexity index is 374. The minimum absolute atomic E-state index is 0.0261. The molecule has 0 aromatic carbocycles. The number of carbonyl (C=O) groups excluding carboxylic acids is 4. The third kappa shape index (κ3) is 11.3. The fraction of sp³-hybridized carbons (Fsp3) is 0.500. The molecule has 0 aromatic rings. The summed E-state index contributed by atoms with van der Waals surface area (Å²) in [5.41, 5.74) is 0.805. The molecule has 0 atom stereocenters. The number of rotatable bonds is 8. The average Bonchev–Trinajstić information content (AvgIpc) is 2.37. The number of carbonyl (C=O) groups is 4. The zero-order chi connectivity index (χ0) is 15.5. The molecule has 0 saturated carbocycles. The molecule has 0 unspecified atom stereocenters. The molecule has 0 aliphatic carbocycles. The van der Waals surface area contributed by atoms with Gasteiger partial charge < -0.3 is 16.0 Å². The maximum Gasteiger partial charge on any atom is 0.239 e. The molecule has 0 aliphatic rings. The second-order valence-corrected chi connectivity index (χ2v) is 5.22. The zero-order valence-electron chi connectivity index (χ0n) is 11.6.